The highest BCUT2D eigenvalue weighted by atomic mass is 16.9. The molecule has 1 aliphatic heterocycles. The lowest BCUT2D eigenvalue weighted by molar-refractivity contribution is -0.337. The van der Waals surface area contributed by atoms with Crippen LogP contribution in [0.2, 0.25) is 0 Å². The molecule has 2 aromatic rings. The van der Waals surface area contributed by atoms with Crippen LogP contribution in [0.15, 0.2) is 65.7 Å². The van der Waals surface area contributed by atoms with Crippen LogP contribution < -0.4 is 4.74 Å². The Bertz CT molecular complexity index is 945. The molecular weight excluding hydrogens is 404 g/mol. The molecule has 1 atom stereocenters. The summed E-state index contributed by atoms with van der Waals surface area (Å²) in [6.45, 7) is 0.413. The van der Waals surface area contributed by atoms with Gasteiger partial charge in [0, 0.05) is 14.2 Å². The topological polar surface area (TPSA) is 89.5 Å². The summed E-state index contributed by atoms with van der Waals surface area (Å²) in [5, 5.41) is 0. The molecule has 3 rings (SSSR count). The molecule has 0 amide bonds. The van der Waals surface area contributed by atoms with Crippen molar-refractivity contribution < 1.29 is 38.0 Å². The van der Waals surface area contributed by atoms with Gasteiger partial charge in [0.25, 0.3) is 0 Å². The standard InChI is InChI=1S/C23H24O8/c1-26-21(24)18-19(22(25)27-2)23(28-3,29-4)31-20(18)16-10-12-17(13-11-16)30-14-15-8-6-5-7-9-15/h5-13,20H,14H2,1-4H3. The molecule has 0 spiro atoms. The summed E-state index contributed by atoms with van der Waals surface area (Å²) in [6.07, 6.45) is -0.982. The molecule has 31 heavy (non-hydrogen) atoms. The van der Waals surface area contributed by atoms with E-state index < -0.39 is 24.0 Å². The Hall–Kier alpha value is -3.20. The second-order valence-corrected chi connectivity index (χ2v) is 6.58. The van der Waals surface area contributed by atoms with E-state index in [0.717, 1.165) is 5.56 Å². The maximum absolute atomic E-state index is 12.6. The minimum Gasteiger partial charge on any atom is -0.489 e. The molecule has 2 aromatic carbocycles. The highest BCUT2D eigenvalue weighted by molar-refractivity contribution is 6.03. The van der Waals surface area contributed by atoms with Crippen LogP contribution in [-0.2, 0) is 39.9 Å². The van der Waals surface area contributed by atoms with Crippen molar-refractivity contribution in [3.8, 4) is 5.75 Å². The van der Waals surface area contributed by atoms with Gasteiger partial charge in [-0.05, 0) is 23.3 Å². The fourth-order valence-corrected chi connectivity index (χ4v) is 3.32. The van der Waals surface area contributed by atoms with Crippen LogP contribution in [0.5, 0.6) is 5.75 Å². The van der Waals surface area contributed by atoms with Gasteiger partial charge in [-0.15, -0.1) is 0 Å². The molecule has 0 saturated heterocycles. The predicted octanol–water partition coefficient (Wildman–Crippen LogP) is 2.93. The minimum absolute atomic E-state index is 0.0593. The van der Waals surface area contributed by atoms with Crippen molar-refractivity contribution in [3.05, 3.63) is 76.9 Å². The second kappa shape index (κ2) is 9.74. The van der Waals surface area contributed by atoms with E-state index >= 15 is 0 Å². The Labute approximate surface area is 180 Å². The van der Waals surface area contributed by atoms with E-state index in [1.54, 1.807) is 24.3 Å². The summed E-state index contributed by atoms with van der Waals surface area (Å²) in [7, 11) is 4.99. The van der Waals surface area contributed by atoms with Gasteiger partial charge in [-0.1, -0.05) is 42.5 Å². The third-order valence-electron chi connectivity index (χ3n) is 4.87. The Morgan fingerprint density at radius 3 is 2.03 bits per heavy atom. The molecule has 1 unspecified atom stereocenters. The summed E-state index contributed by atoms with van der Waals surface area (Å²) in [5.41, 5.74) is 1.34. The highest BCUT2D eigenvalue weighted by Gasteiger charge is 2.55. The first-order chi connectivity index (χ1) is 15.0. The van der Waals surface area contributed by atoms with Crippen molar-refractivity contribution in [3.63, 3.8) is 0 Å². The van der Waals surface area contributed by atoms with Crippen LogP contribution in [0.1, 0.15) is 17.2 Å². The van der Waals surface area contributed by atoms with Crippen LogP contribution in [0, 0.1) is 0 Å². The quantitative estimate of drug-likeness (QED) is 0.468. The zero-order chi connectivity index (χ0) is 22.4. The number of ether oxygens (including phenoxy) is 6. The van der Waals surface area contributed by atoms with Gasteiger partial charge in [0.05, 0.1) is 19.8 Å². The van der Waals surface area contributed by atoms with E-state index in [1.165, 1.54) is 28.4 Å². The largest absolute Gasteiger partial charge is 0.489 e. The Kier molecular flexibility index (Phi) is 7.06. The van der Waals surface area contributed by atoms with Crippen molar-refractivity contribution in [2.75, 3.05) is 28.4 Å². The van der Waals surface area contributed by atoms with Crippen molar-refractivity contribution in [2.24, 2.45) is 0 Å². The molecule has 0 saturated carbocycles. The van der Waals surface area contributed by atoms with E-state index in [9.17, 15) is 9.59 Å². The van der Waals surface area contributed by atoms with E-state index in [2.05, 4.69) is 0 Å². The Balaban J connectivity index is 1.92. The first-order valence-electron chi connectivity index (χ1n) is 9.45. The summed E-state index contributed by atoms with van der Waals surface area (Å²) in [5.74, 6) is -2.86. The summed E-state index contributed by atoms with van der Waals surface area (Å²) in [4.78, 5) is 25.1. The number of hydrogen-bond acceptors (Lipinski definition) is 8. The molecule has 0 N–H and O–H groups in total. The van der Waals surface area contributed by atoms with E-state index in [0.29, 0.717) is 17.9 Å². The fraction of sp³-hybridized carbons (Fsp3) is 0.304. The third-order valence-corrected chi connectivity index (χ3v) is 4.87. The lowest BCUT2D eigenvalue weighted by Gasteiger charge is -2.27. The smallest absolute Gasteiger partial charge is 0.342 e. The normalized spacial score (nSPS) is 17.4. The number of carbonyl (C=O) groups is 2. The molecule has 164 valence electrons. The molecule has 0 bridgehead atoms. The third kappa shape index (κ3) is 4.46. The van der Waals surface area contributed by atoms with Gasteiger partial charge in [-0.2, -0.15) is 0 Å². The molecular formula is C23H24O8. The van der Waals surface area contributed by atoms with Gasteiger partial charge in [-0.25, -0.2) is 9.59 Å². The second-order valence-electron chi connectivity index (χ2n) is 6.58. The first-order valence-corrected chi connectivity index (χ1v) is 9.45. The Morgan fingerprint density at radius 2 is 1.48 bits per heavy atom. The number of carbonyl (C=O) groups excluding carboxylic acids is 2. The molecule has 0 aromatic heterocycles. The molecule has 0 radical (unpaired) electrons. The van der Waals surface area contributed by atoms with Crippen LogP contribution in [-0.4, -0.2) is 46.4 Å². The fourth-order valence-electron chi connectivity index (χ4n) is 3.32. The van der Waals surface area contributed by atoms with E-state index in [4.69, 9.17) is 28.4 Å². The first kappa shape index (κ1) is 22.5. The Morgan fingerprint density at radius 1 is 0.871 bits per heavy atom. The number of benzene rings is 2. The average molecular weight is 428 g/mol. The number of rotatable bonds is 8. The van der Waals surface area contributed by atoms with Crippen LogP contribution in [0.4, 0.5) is 0 Å². The van der Waals surface area contributed by atoms with Crippen molar-refractivity contribution in [2.45, 2.75) is 18.7 Å². The van der Waals surface area contributed by atoms with Crippen molar-refractivity contribution in [1.29, 1.82) is 0 Å². The van der Waals surface area contributed by atoms with Gasteiger partial charge < -0.3 is 28.4 Å². The number of hydrogen-bond donors (Lipinski definition) is 0. The van der Waals surface area contributed by atoms with Crippen molar-refractivity contribution >= 4 is 11.9 Å². The molecule has 8 heteroatoms. The van der Waals surface area contributed by atoms with E-state index in [1.807, 2.05) is 30.3 Å². The van der Waals surface area contributed by atoms with Gasteiger partial charge >= 0.3 is 17.9 Å². The zero-order valence-corrected chi connectivity index (χ0v) is 17.7. The molecule has 0 aliphatic carbocycles. The SMILES string of the molecule is COC(=O)C1=C(C(=O)OC)C(OC)(OC)OC1c1ccc(OCc2ccccc2)cc1. The molecule has 8 nitrogen and oxygen atoms in total. The van der Waals surface area contributed by atoms with E-state index in [-0.39, 0.29) is 11.1 Å². The summed E-state index contributed by atoms with van der Waals surface area (Å²) in [6, 6.07) is 16.7. The van der Waals surface area contributed by atoms with Gasteiger partial charge in [0.15, 0.2) is 0 Å². The van der Waals surface area contributed by atoms with Crippen LogP contribution in [0.3, 0.4) is 0 Å². The lowest BCUT2D eigenvalue weighted by Crippen LogP contribution is -2.39. The van der Waals surface area contributed by atoms with Crippen LogP contribution >= 0.6 is 0 Å². The summed E-state index contributed by atoms with van der Waals surface area (Å²) < 4.78 is 32.1. The molecule has 1 aliphatic rings. The highest BCUT2D eigenvalue weighted by Crippen LogP contribution is 2.46. The average Bonchev–Trinajstić information content (AvgIpc) is 3.18. The monoisotopic (exact) mass is 428 g/mol. The lowest BCUT2D eigenvalue weighted by atomic mass is 9.98. The van der Waals surface area contributed by atoms with Crippen LogP contribution in [0.25, 0.3) is 0 Å². The van der Waals surface area contributed by atoms with Gasteiger partial charge in [0.2, 0.25) is 0 Å². The zero-order valence-electron chi connectivity index (χ0n) is 17.7. The summed E-state index contributed by atoms with van der Waals surface area (Å²) >= 11 is 0. The minimum atomic E-state index is -1.91. The molecule has 1 heterocycles. The maximum Gasteiger partial charge on any atom is 0.342 e. The maximum atomic E-state index is 12.6. The van der Waals surface area contributed by atoms with Crippen molar-refractivity contribution in [1.82, 2.24) is 0 Å². The molecule has 0 fully saturated rings. The number of esters is 2. The predicted molar refractivity (Wildman–Crippen MR) is 109 cm³/mol. The number of methoxy groups -OCH3 is 4. The van der Waals surface area contributed by atoms with Gasteiger partial charge in [0.1, 0.15) is 24.0 Å². The van der Waals surface area contributed by atoms with Gasteiger partial charge in [-0.3, -0.25) is 0 Å².